The molecule has 1 fully saturated rings. The Bertz CT molecular complexity index is 382. The Balaban J connectivity index is 1.84. The number of nitrogens with one attached hydrogen (secondary N) is 1. The molecular formula is C15H22N2. The second-order valence-corrected chi connectivity index (χ2v) is 5.42. The van der Waals surface area contributed by atoms with Crippen molar-refractivity contribution in [1.82, 2.24) is 10.2 Å². The number of nitrogens with zero attached hydrogens (tertiary/aromatic N) is 1. The Labute approximate surface area is 104 Å². The van der Waals surface area contributed by atoms with Gasteiger partial charge in [0.1, 0.15) is 0 Å². The maximum atomic E-state index is 3.47. The number of fused-ring (bicyclic) bond motifs is 1. The van der Waals surface area contributed by atoms with Crippen molar-refractivity contribution in [2.75, 3.05) is 20.1 Å². The summed E-state index contributed by atoms with van der Waals surface area (Å²) in [5.74, 6) is 0. The van der Waals surface area contributed by atoms with Crippen LogP contribution in [0.15, 0.2) is 24.3 Å². The lowest BCUT2D eigenvalue weighted by molar-refractivity contribution is 0.167. The molecule has 1 saturated heterocycles. The number of likely N-dealkylation sites (N-methyl/N-ethyl adjacent to an activating group) is 1. The van der Waals surface area contributed by atoms with Crippen molar-refractivity contribution in [2.45, 2.75) is 37.8 Å². The third-order valence-electron chi connectivity index (χ3n) is 4.44. The van der Waals surface area contributed by atoms with Gasteiger partial charge < -0.3 is 5.32 Å². The van der Waals surface area contributed by atoms with E-state index in [0.717, 1.165) is 12.6 Å². The van der Waals surface area contributed by atoms with Gasteiger partial charge in [0.25, 0.3) is 0 Å². The lowest BCUT2D eigenvalue weighted by Gasteiger charge is -2.36. The monoisotopic (exact) mass is 230 g/mol. The second-order valence-electron chi connectivity index (χ2n) is 5.42. The Morgan fingerprint density at radius 2 is 2.12 bits per heavy atom. The average molecular weight is 230 g/mol. The van der Waals surface area contributed by atoms with E-state index >= 15 is 0 Å². The Morgan fingerprint density at radius 3 is 2.94 bits per heavy atom. The third kappa shape index (κ3) is 2.12. The van der Waals surface area contributed by atoms with Crippen LogP contribution in [0.4, 0.5) is 0 Å². The van der Waals surface area contributed by atoms with E-state index in [2.05, 4.69) is 41.5 Å². The van der Waals surface area contributed by atoms with E-state index in [1.165, 1.54) is 32.2 Å². The fourth-order valence-corrected chi connectivity index (χ4v) is 3.39. The molecule has 3 rings (SSSR count). The first kappa shape index (κ1) is 11.2. The molecule has 1 aliphatic carbocycles. The van der Waals surface area contributed by atoms with Crippen LogP contribution in [0, 0.1) is 0 Å². The standard InChI is InChI=1S/C15H22N2/c1-17(13-9-10-16-11-13)15-8-4-6-12-5-2-3-7-14(12)15/h2-3,5,7,13,15-16H,4,6,8-11H2,1H3. The number of aryl methyl sites for hydroxylation is 1. The molecule has 17 heavy (non-hydrogen) atoms. The van der Waals surface area contributed by atoms with Gasteiger partial charge >= 0.3 is 0 Å². The highest BCUT2D eigenvalue weighted by Crippen LogP contribution is 2.35. The summed E-state index contributed by atoms with van der Waals surface area (Å²) in [6.45, 7) is 2.35. The van der Waals surface area contributed by atoms with Gasteiger partial charge in [-0.1, -0.05) is 24.3 Å². The summed E-state index contributed by atoms with van der Waals surface area (Å²) in [5, 5.41) is 3.47. The minimum atomic E-state index is 0.643. The molecule has 2 aliphatic rings. The van der Waals surface area contributed by atoms with E-state index < -0.39 is 0 Å². The fraction of sp³-hybridized carbons (Fsp3) is 0.600. The summed E-state index contributed by atoms with van der Waals surface area (Å²) in [6.07, 6.45) is 5.23. The molecule has 92 valence electrons. The number of hydrogen-bond donors (Lipinski definition) is 1. The van der Waals surface area contributed by atoms with Crippen molar-refractivity contribution in [3.05, 3.63) is 35.4 Å². The molecule has 2 unspecified atom stereocenters. The third-order valence-corrected chi connectivity index (χ3v) is 4.44. The lowest BCUT2D eigenvalue weighted by Crippen LogP contribution is -2.38. The predicted molar refractivity (Wildman–Crippen MR) is 71.2 cm³/mol. The van der Waals surface area contributed by atoms with Crippen molar-refractivity contribution in [3.63, 3.8) is 0 Å². The van der Waals surface area contributed by atoms with Crippen molar-refractivity contribution in [3.8, 4) is 0 Å². The molecule has 0 amide bonds. The molecule has 2 nitrogen and oxygen atoms in total. The first-order valence-electron chi connectivity index (χ1n) is 6.87. The van der Waals surface area contributed by atoms with Crippen molar-refractivity contribution < 1.29 is 0 Å². The summed E-state index contributed by atoms with van der Waals surface area (Å²) in [7, 11) is 2.31. The molecule has 2 atom stereocenters. The van der Waals surface area contributed by atoms with Gasteiger partial charge in [0, 0.05) is 18.6 Å². The fourth-order valence-electron chi connectivity index (χ4n) is 3.39. The molecule has 1 aromatic carbocycles. The minimum Gasteiger partial charge on any atom is -0.315 e. The minimum absolute atomic E-state index is 0.643. The van der Waals surface area contributed by atoms with Crippen molar-refractivity contribution >= 4 is 0 Å². The van der Waals surface area contributed by atoms with Gasteiger partial charge in [-0.2, -0.15) is 0 Å². The molecule has 1 aromatic rings. The van der Waals surface area contributed by atoms with Crippen LogP contribution < -0.4 is 5.32 Å². The molecule has 2 heteroatoms. The maximum Gasteiger partial charge on any atom is 0.0351 e. The van der Waals surface area contributed by atoms with Gasteiger partial charge in [-0.05, 0) is 50.4 Å². The zero-order valence-corrected chi connectivity index (χ0v) is 10.7. The summed E-state index contributed by atoms with van der Waals surface area (Å²) in [4.78, 5) is 2.61. The zero-order valence-electron chi connectivity index (χ0n) is 10.7. The van der Waals surface area contributed by atoms with E-state index in [4.69, 9.17) is 0 Å². The van der Waals surface area contributed by atoms with E-state index in [1.54, 1.807) is 11.1 Å². The van der Waals surface area contributed by atoms with Crippen molar-refractivity contribution in [2.24, 2.45) is 0 Å². The van der Waals surface area contributed by atoms with Gasteiger partial charge in [-0.15, -0.1) is 0 Å². The summed E-state index contributed by atoms with van der Waals surface area (Å²) < 4.78 is 0. The van der Waals surface area contributed by atoms with E-state index in [9.17, 15) is 0 Å². The van der Waals surface area contributed by atoms with Crippen LogP contribution in [0.25, 0.3) is 0 Å². The Kier molecular flexibility index (Phi) is 3.17. The molecule has 1 N–H and O–H groups in total. The van der Waals surface area contributed by atoms with Crippen LogP contribution in [0.5, 0.6) is 0 Å². The normalized spacial score (nSPS) is 28.4. The number of benzene rings is 1. The molecule has 1 heterocycles. The van der Waals surface area contributed by atoms with Gasteiger partial charge in [-0.3, -0.25) is 4.90 Å². The summed E-state index contributed by atoms with van der Waals surface area (Å²) in [5.41, 5.74) is 3.15. The highest BCUT2D eigenvalue weighted by atomic mass is 15.2. The smallest absolute Gasteiger partial charge is 0.0351 e. The highest BCUT2D eigenvalue weighted by molar-refractivity contribution is 5.32. The van der Waals surface area contributed by atoms with Gasteiger partial charge in [0.2, 0.25) is 0 Å². The molecule has 1 aliphatic heterocycles. The van der Waals surface area contributed by atoms with Crippen LogP contribution in [0.3, 0.4) is 0 Å². The van der Waals surface area contributed by atoms with Gasteiger partial charge in [0.05, 0.1) is 0 Å². The predicted octanol–water partition coefficient (Wildman–Crippen LogP) is 2.36. The van der Waals surface area contributed by atoms with E-state index in [1.807, 2.05) is 0 Å². The van der Waals surface area contributed by atoms with E-state index in [0.29, 0.717) is 6.04 Å². The molecular weight excluding hydrogens is 208 g/mol. The van der Waals surface area contributed by atoms with Gasteiger partial charge in [-0.25, -0.2) is 0 Å². The van der Waals surface area contributed by atoms with Gasteiger partial charge in [0.15, 0.2) is 0 Å². The van der Waals surface area contributed by atoms with Crippen molar-refractivity contribution in [1.29, 1.82) is 0 Å². The lowest BCUT2D eigenvalue weighted by atomic mass is 9.86. The van der Waals surface area contributed by atoms with Crippen LogP contribution in [-0.4, -0.2) is 31.1 Å². The van der Waals surface area contributed by atoms with Crippen LogP contribution in [0.2, 0.25) is 0 Å². The molecule has 0 radical (unpaired) electrons. The molecule has 0 bridgehead atoms. The number of rotatable bonds is 2. The average Bonchev–Trinajstić information content (AvgIpc) is 2.91. The first-order valence-corrected chi connectivity index (χ1v) is 6.87. The van der Waals surface area contributed by atoms with Crippen LogP contribution >= 0.6 is 0 Å². The summed E-state index contributed by atoms with van der Waals surface area (Å²) >= 11 is 0. The Morgan fingerprint density at radius 1 is 1.24 bits per heavy atom. The Hall–Kier alpha value is -0.860. The maximum absolute atomic E-state index is 3.47. The highest BCUT2D eigenvalue weighted by Gasteiger charge is 2.29. The molecule has 0 spiro atoms. The van der Waals surface area contributed by atoms with E-state index in [-0.39, 0.29) is 0 Å². The topological polar surface area (TPSA) is 15.3 Å². The SMILES string of the molecule is CN(C1CCNC1)C1CCCc2ccccc21. The largest absolute Gasteiger partial charge is 0.315 e. The zero-order chi connectivity index (χ0) is 11.7. The summed E-state index contributed by atoms with van der Waals surface area (Å²) in [6, 6.07) is 10.4. The van der Waals surface area contributed by atoms with Crippen LogP contribution in [0.1, 0.15) is 36.4 Å². The first-order chi connectivity index (χ1) is 8.36. The number of hydrogen-bond acceptors (Lipinski definition) is 2. The molecule has 0 saturated carbocycles. The second kappa shape index (κ2) is 4.79. The molecule has 0 aromatic heterocycles. The quantitative estimate of drug-likeness (QED) is 0.839. The van der Waals surface area contributed by atoms with Crippen LogP contribution in [-0.2, 0) is 6.42 Å².